The molecule has 1 fully saturated rings. The van der Waals surface area contributed by atoms with Crippen molar-refractivity contribution in [2.45, 2.75) is 44.2 Å². The Morgan fingerprint density at radius 3 is 2.87 bits per heavy atom. The molecule has 1 saturated carbocycles. The normalized spacial score (nSPS) is 15.4. The predicted octanol–water partition coefficient (Wildman–Crippen LogP) is 3.19. The van der Waals surface area contributed by atoms with Crippen LogP contribution in [0.5, 0.6) is 5.75 Å². The van der Waals surface area contributed by atoms with Gasteiger partial charge in [-0.3, -0.25) is 4.98 Å². The number of carbonyl (C=O) groups excluding carboxylic acids is 1. The fourth-order valence-corrected chi connectivity index (χ4v) is 3.71. The molecule has 0 aliphatic heterocycles. The van der Waals surface area contributed by atoms with Crippen LogP contribution in [-0.4, -0.2) is 33.2 Å². The molecule has 2 amide bonds. The number of carbonyl (C=O) groups is 1. The number of hydrogen-bond donors (Lipinski definition) is 2. The highest BCUT2D eigenvalue weighted by Gasteiger charge is 2.41. The molecule has 0 atom stereocenters. The van der Waals surface area contributed by atoms with Crippen LogP contribution in [0.2, 0.25) is 0 Å². The Kier molecular flexibility index (Phi) is 5.87. The molecule has 2 heterocycles. The van der Waals surface area contributed by atoms with Crippen molar-refractivity contribution >= 4 is 6.03 Å². The molecule has 0 radical (unpaired) electrons. The van der Waals surface area contributed by atoms with Gasteiger partial charge in [0.1, 0.15) is 17.0 Å². The summed E-state index contributed by atoms with van der Waals surface area (Å²) in [5, 5.41) is 10.1. The number of rotatable bonds is 6. The zero-order valence-corrected chi connectivity index (χ0v) is 16.8. The van der Waals surface area contributed by atoms with Crippen molar-refractivity contribution in [3.05, 3.63) is 54.3 Å². The second-order valence-electron chi connectivity index (χ2n) is 7.32. The molecule has 30 heavy (non-hydrogen) atoms. The third-order valence-corrected chi connectivity index (χ3v) is 5.27. The van der Waals surface area contributed by atoms with Gasteiger partial charge in [0.25, 0.3) is 5.89 Å². The van der Waals surface area contributed by atoms with E-state index >= 15 is 0 Å². The van der Waals surface area contributed by atoms with E-state index in [1.807, 2.05) is 24.3 Å². The number of methoxy groups -OCH3 is 1. The van der Waals surface area contributed by atoms with Crippen LogP contribution in [0, 0.1) is 0 Å². The Morgan fingerprint density at radius 1 is 1.23 bits per heavy atom. The highest BCUT2D eigenvalue weighted by Crippen LogP contribution is 2.36. The molecule has 1 aliphatic rings. The van der Waals surface area contributed by atoms with Crippen LogP contribution in [-0.2, 0) is 12.1 Å². The number of benzene rings is 1. The van der Waals surface area contributed by atoms with E-state index in [4.69, 9.17) is 9.26 Å². The highest BCUT2D eigenvalue weighted by atomic mass is 16.5. The molecule has 1 aliphatic carbocycles. The molecule has 3 aromatic rings. The molecular weight excluding hydrogens is 384 g/mol. The number of amides is 2. The van der Waals surface area contributed by atoms with E-state index in [0.717, 1.165) is 43.4 Å². The second kappa shape index (κ2) is 8.89. The van der Waals surface area contributed by atoms with Crippen LogP contribution < -0.4 is 15.4 Å². The summed E-state index contributed by atoms with van der Waals surface area (Å²) in [5.74, 6) is 1.52. The van der Waals surface area contributed by atoms with Crippen LogP contribution in [0.15, 0.2) is 47.4 Å². The van der Waals surface area contributed by atoms with Gasteiger partial charge in [0, 0.05) is 18.9 Å². The predicted molar refractivity (Wildman–Crippen MR) is 108 cm³/mol. The maximum Gasteiger partial charge on any atom is 0.315 e. The smallest absolute Gasteiger partial charge is 0.315 e. The largest absolute Gasteiger partial charge is 0.497 e. The zero-order chi connectivity index (χ0) is 20.8. The SMILES string of the molecule is COc1cccc(CNC(=O)NC2(c3nc(-c4cnccn4)no3)CCCCC2)c1. The van der Waals surface area contributed by atoms with E-state index in [1.54, 1.807) is 25.7 Å². The van der Waals surface area contributed by atoms with Crippen LogP contribution in [0.4, 0.5) is 4.79 Å². The van der Waals surface area contributed by atoms with Gasteiger partial charge in [0.15, 0.2) is 0 Å². The van der Waals surface area contributed by atoms with Gasteiger partial charge in [-0.05, 0) is 30.5 Å². The van der Waals surface area contributed by atoms with Gasteiger partial charge in [-0.2, -0.15) is 4.98 Å². The summed E-state index contributed by atoms with van der Waals surface area (Å²) < 4.78 is 10.8. The molecule has 156 valence electrons. The summed E-state index contributed by atoms with van der Waals surface area (Å²) in [6.45, 7) is 0.383. The molecular formula is C21H24N6O3. The fraction of sp³-hybridized carbons (Fsp3) is 0.381. The molecule has 0 unspecified atom stereocenters. The number of hydrogen-bond acceptors (Lipinski definition) is 7. The lowest BCUT2D eigenvalue weighted by molar-refractivity contribution is 0.167. The van der Waals surface area contributed by atoms with Gasteiger partial charge < -0.3 is 19.9 Å². The van der Waals surface area contributed by atoms with Crippen molar-refractivity contribution < 1.29 is 14.1 Å². The maximum atomic E-state index is 12.7. The number of urea groups is 1. The minimum Gasteiger partial charge on any atom is -0.497 e. The van der Waals surface area contributed by atoms with Crippen molar-refractivity contribution in [1.29, 1.82) is 0 Å². The van der Waals surface area contributed by atoms with E-state index < -0.39 is 5.54 Å². The Morgan fingerprint density at radius 2 is 2.10 bits per heavy atom. The standard InChI is InChI=1S/C21H24N6O3/c1-29-16-7-5-6-15(12-16)13-24-20(28)26-21(8-3-2-4-9-21)19-25-18(27-30-19)17-14-22-10-11-23-17/h5-7,10-12,14H,2-4,8-9,13H2,1H3,(H2,24,26,28). The molecule has 2 aromatic heterocycles. The number of aromatic nitrogens is 4. The van der Waals surface area contributed by atoms with Crippen LogP contribution in [0.3, 0.4) is 0 Å². The monoisotopic (exact) mass is 408 g/mol. The van der Waals surface area contributed by atoms with Crippen molar-refractivity contribution in [2.75, 3.05) is 7.11 Å². The molecule has 1 aromatic carbocycles. The lowest BCUT2D eigenvalue weighted by Gasteiger charge is -2.34. The zero-order valence-electron chi connectivity index (χ0n) is 16.8. The molecule has 9 nitrogen and oxygen atoms in total. The van der Waals surface area contributed by atoms with E-state index in [1.165, 1.54) is 0 Å². The molecule has 0 saturated heterocycles. The summed E-state index contributed by atoms with van der Waals surface area (Å²) >= 11 is 0. The van der Waals surface area contributed by atoms with E-state index in [2.05, 4.69) is 30.7 Å². The van der Waals surface area contributed by atoms with Crippen LogP contribution in [0.1, 0.15) is 43.6 Å². The average Bonchev–Trinajstić information content (AvgIpc) is 3.30. The van der Waals surface area contributed by atoms with Crippen LogP contribution in [0.25, 0.3) is 11.5 Å². The van der Waals surface area contributed by atoms with Crippen molar-refractivity contribution in [3.63, 3.8) is 0 Å². The molecule has 0 spiro atoms. The number of nitrogens with one attached hydrogen (secondary N) is 2. The topological polar surface area (TPSA) is 115 Å². The highest BCUT2D eigenvalue weighted by molar-refractivity contribution is 5.75. The first kappa shape index (κ1) is 19.8. The Balaban J connectivity index is 1.48. The third kappa shape index (κ3) is 4.40. The lowest BCUT2D eigenvalue weighted by Crippen LogP contribution is -2.51. The van der Waals surface area contributed by atoms with E-state index in [9.17, 15) is 4.79 Å². The molecule has 9 heteroatoms. The minimum atomic E-state index is -0.690. The minimum absolute atomic E-state index is 0.279. The first-order valence-corrected chi connectivity index (χ1v) is 9.98. The van der Waals surface area contributed by atoms with Gasteiger partial charge in [0.05, 0.1) is 13.3 Å². The van der Waals surface area contributed by atoms with Crippen molar-refractivity contribution in [2.24, 2.45) is 0 Å². The summed E-state index contributed by atoms with van der Waals surface area (Å²) in [6, 6.07) is 7.30. The number of ether oxygens (including phenoxy) is 1. The van der Waals surface area contributed by atoms with Crippen LogP contribution >= 0.6 is 0 Å². The Labute approximate surface area is 174 Å². The summed E-state index contributed by atoms with van der Waals surface area (Å²) in [5.41, 5.74) is 0.787. The second-order valence-corrected chi connectivity index (χ2v) is 7.32. The van der Waals surface area contributed by atoms with E-state index in [-0.39, 0.29) is 6.03 Å². The van der Waals surface area contributed by atoms with Gasteiger partial charge >= 0.3 is 6.03 Å². The number of nitrogens with zero attached hydrogens (tertiary/aromatic N) is 4. The maximum absolute atomic E-state index is 12.7. The third-order valence-electron chi connectivity index (χ3n) is 5.27. The Hall–Kier alpha value is -3.49. The first-order chi connectivity index (χ1) is 14.7. The Bertz CT molecular complexity index is 985. The summed E-state index contributed by atoms with van der Waals surface area (Å²) in [7, 11) is 1.62. The average molecular weight is 408 g/mol. The van der Waals surface area contributed by atoms with Crippen molar-refractivity contribution in [1.82, 2.24) is 30.7 Å². The molecule has 2 N–H and O–H groups in total. The molecule has 0 bridgehead atoms. The quantitative estimate of drug-likeness (QED) is 0.643. The summed E-state index contributed by atoms with van der Waals surface area (Å²) in [4.78, 5) is 25.5. The first-order valence-electron chi connectivity index (χ1n) is 9.98. The van der Waals surface area contributed by atoms with Gasteiger partial charge in [-0.1, -0.05) is 36.6 Å². The summed E-state index contributed by atoms with van der Waals surface area (Å²) in [6.07, 6.45) is 9.27. The van der Waals surface area contributed by atoms with Gasteiger partial charge in [-0.25, -0.2) is 9.78 Å². The van der Waals surface area contributed by atoms with E-state index in [0.29, 0.717) is 24.0 Å². The van der Waals surface area contributed by atoms with Crippen molar-refractivity contribution in [3.8, 4) is 17.3 Å². The molecule has 4 rings (SSSR count). The van der Waals surface area contributed by atoms with Gasteiger partial charge in [-0.15, -0.1) is 0 Å². The van der Waals surface area contributed by atoms with Gasteiger partial charge in [0.2, 0.25) is 5.82 Å². The fourth-order valence-electron chi connectivity index (χ4n) is 3.71. The lowest BCUT2D eigenvalue weighted by atomic mass is 9.81.